The lowest BCUT2D eigenvalue weighted by Gasteiger charge is -2.20. The van der Waals surface area contributed by atoms with E-state index in [0.29, 0.717) is 13.2 Å². The highest BCUT2D eigenvalue weighted by atomic mass is 79.9. The Kier molecular flexibility index (Phi) is 8.08. The van der Waals surface area contributed by atoms with Gasteiger partial charge in [-0.2, -0.15) is 0 Å². The molecule has 5 nitrogen and oxygen atoms in total. The summed E-state index contributed by atoms with van der Waals surface area (Å²) in [7, 11) is 1.79. The van der Waals surface area contributed by atoms with Crippen molar-refractivity contribution in [2.75, 3.05) is 32.1 Å². The van der Waals surface area contributed by atoms with E-state index in [9.17, 15) is 9.90 Å². The van der Waals surface area contributed by atoms with Crippen molar-refractivity contribution in [2.24, 2.45) is 0 Å². The Balaban J connectivity index is 1.67. The van der Waals surface area contributed by atoms with Crippen LogP contribution in [0.5, 0.6) is 0 Å². The maximum atomic E-state index is 12.1. The molecule has 0 aliphatic rings. The topological polar surface area (TPSA) is 61.8 Å². The van der Waals surface area contributed by atoms with Crippen molar-refractivity contribution in [1.82, 2.24) is 4.90 Å². The fourth-order valence-electron chi connectivity index (χ4n) is 2.36. The van der Waals surface area contributed by atoms with Crippen LogP contribution in [0.4, 0.5) is 5.69 Å². The number of amides is 1. The van der Waals surface area contributed by atoms with Gasteiger partial charge < -0.3 is 15.2 Å². The van der Waals surface area contributed by atoms with Crippen LogP contribution in [0.15, 0.2) is 59.1 Å². The first kappa shape index (κ1) is 19.6. The highest BCUT2D eigenvalue weighted by molar-refractivity contribution is 9.10. The molecule has 2 aromatic carbocycles. The van der Waals surface area contributed by atoms with Crippen molar-refractivity contribution < 1.29 is 14.6 Å². The number of hydrogen-bond donors (Lipinski definition) is 2. The van der Waals surface area contributed by atoms with Gasteiger partial charge >= 0.3 is 0 Å². The molecule has 25 heavy (non-hydrogen) atoms. The molecule has 0 spiro atoms. The molecule has 0 aromatic heterocycles. The number of benzene rings is 2. The molecule has 0 fully saturated rings. The maximum absolute atomic E-state index is 12.1. The third-order valence-electron chi connectivity index (χ3n) is 3.51. The van der Waals surface area contributed by atoms with Gasteiger partial charge in [0.05, 0.1) is 31.5 Å². The fraction of sp³-hybridized carbons (Fsp3) is 0.316. The third kappa shape index (κ3) is 7.36. The van der Waals surface area contributed by atoms with Crippen molar-refractivity contribution >= 4 is 27.5 Å². The molecule has 0 saturated carbocycles. The molecule has 1 unspecified atom stereocenters. The summed E-state index contributed by atoms with van der Waals surface area (Å²) >= 11 is 3.39. The van der Waals surface area contributed by atoms with Crippen molar-refractivity contribution in [3.63, 3.8) is 0 Å². The minimum atomic E-state index is -0.648. The third-order valence-corrected chi connectivity index (χ3v) is 4.20. The van der Waals surface area contributed by atoms with E-state index in [-0.39, 0.29) is 19.1 Å². The minimum absolute atomic E-state index is 0.133. The molecule has 6 heteroatoms. The van der Waals surface area contributed by atoms with Gasteiger partial charge in [0.1, 0.15) is 0 Å². The number of carbonyl (C=O) groups is 1. The van der Waals surface area contributed by atoms with E-state index in [1.807, 2.05) is 54.6 Å². The van der Waals surface area contributed by atoms with Gasteiger partial charge in [-0.1, -0.05) is 42.5 Å². The van der Waals surface area contributed by atoms with Gasteiger partial charge in [-0.05, 0) is 40.7 Å². The van der Waals surface area contributed by atoms with E-state index in [2.05, 4.69) is 21.2 Å². The average Bonchev–Trinajstić information content (AvgIpc) is 2.57. The number of rotatable bonds is 9. The Bertz CT molecular complexity index is 667. The number of hydrogen-bond acceptors (Lipinski definition) is 4. The van der Waals surface area contributed by atoms with Gasteiger partial charge in [0.15, 0.2) is 0 Å². The zero-order valence-corrected chi connectivity index (χ0v) is 15.8. The lowest BCUT2D eigenvalue weighted by Crippen LogP contribution is -2.37. The quantitative estimate of drug-likeness (QED) is 0.671. The summed E-state index contributed by atoms with van der Waals surface area (Å²) in [5, 5.41) is 12.9. The van der Waals surface area contributed by atoms with Crippen LogP contribution < -0.4 is 5.32 Å². The largest absolute Gasteiger partial charge is 0.389 e. The second-order valence-electron chi connectivity index (χ2n) is 5.88. The standard InChI is InChI=1S/C19H23BrN2O3/c1-22(12-19(24)21-18-10-6-5-9-17(18)20)11-16(23)14-25-13-15-7-3-2-4-8-15/h2-10,16,23H,11-14H2,1H3,(H,21,24). The number of aliphatic hydroxyl groups is 1. The highest BCUT2D eigenvalue weighted by Gasteiger charge is 2.13. The molecule has 2 N–H and O–H groups in total. The minimum Gasteiger partial charge on any atom is -0.389 e. The van der Waals surface area contributed by atoms with E-state index in [4.69, 9.17) is 4.74 Å². The first-order valence-corrected chi connectivity index (χ1v) is 8.86. The Morgan fingerprint density at radius 3 is 2.60 bits per heavy atom. The molecule has 0 radical (unpaired) electrons. The van der Waals surface area contributed by atoms with Gasteiger partial charge in [-0.25, -0.2) is 0 Å². The van der Waals surface area contributed by atoms with Crippen molar-refractivity contribution in [3.8, 4) is 0 Å². The number of aliphatic hydroxyl groups excluding tert-OH is 1. The molecule has 2 aromatic rings. The predicted molar refractivity (Wildman–Crippen MR) is 102 cm³/mol. The van der Waals surface area contributed by atoms with Gasteiger partial charge in [0.2, 0.25) is 5.91 Å². The number of ether oxygens (including phenoxy) is 1. The molecule has 2 rings (SSSR count). The first-order valence-electron chi connectivity index (χ1n) is 8.07. The number of likely N-dealkylation sites (N-methyl/N-ethyl adjacent to an activating group) is 1. The van der Waals surface area contributed by atoms with E-state index < -0.39 is 6.10 Å². The van der Waals surface area contributed by atoms with Gasteiger partial charge in [0, 0.05) is 11.0 Å². The maximum Gasteiger partial charge on any atom is 0.238 e. The molecule has 1 atom stereocenters. The average molecular weight is 407 g/mol. The molecule has 0 saturated heterocycles. The van der Waals surface area contributed by atoms with Crippen LogP contribution in [0.25, 0.3) is 0 Å². The normalized spacial score (nSPS) is 12.2. The summed E-state index contributed by atoms with van der Waals surface area (Å²) in [5.74, 6) is -0.133. The van der Waals surface area contributed by atoms with Crippen LogP contribution in [0.1, 0.15) is 5.56 Å². The predicted octanol–water partition coefficient (Wildman–Crippen LogP) is 2.90. The molecule has 0 aliphatic heterocycles. The van der Waals surface area contributed by atoms with E-state index >= 15 is 0 Å². The smallest absolute Gasteiger partial charge is 0.238 e. The zero-order chi connectivity index (χ0) is 18.1. The summed E-state index contributed by atoms with van der Waals surface area (Å²) in [6.45, 7) is 1.24. The SMILES string of the molecule is CN(CC(=O)Nc1ccccc1Br)CC(O)COCc1ccccc1. The number of nitrogens with zero attached hydrogens (tertiary/aromatic N) is 1. The van der Waals surface area contributed by atoms with Crippen LogP contribution in [0.2, 0.25) is 0 Å². The molecule has 0 aliphatic carbocycles. The second kappa shape index (κ2) is 10.3. The van der Waals surface area contributed by atoms with Crippen molar-refractivity contribution in [2.45, 2.75) is 12.7 Å². The van der Waals surface area contributed by atoms with Gasteiger partial charge in [-0.3, -0.25) is 9.69 Å². The zero-order valence-electron chi connectivity index (χ0n) is 14.2. The molecular weight excluding hydrogens is 384 g/mol. The molecular formula is C19H23BrN2O3. The van der Waals surface area contributed by atoms with Crippen LogP contribution in [0, 0.1) is 0 Å². The summed E-state index contributed by atoms with van der Waals surface area (Å²) in [5.41, 5.74) is 1.79. The van der Waals surface area contributed by atoms with Crippen LogP contribution >= 0.6 is 15.9 Å². The molecule has 134 valence electrons. The van der Waals surface area contributed by atoms with Crippen molar-refractivity contribution in [3.05, 3.63) is 64.6 Å². The summed E-state index contributed by atoms with van der Waals surface area (Å²) in [6.07, 6.45) is -0.648. The Labute approximate surface area is 156 Å². The monoisotopic (exact) mass is 406 g/mol. The number of anilines is 1. The van der Waals surface area contributed by atoms with Crippen LogP contribution in [-0.2, 0) is 16.1 Å². The number of halogens is 1. The lowest BCUT2D eigenvalue weighted by molar-refractivity contribution is -0.117. The Morgan fingerprint density at radius 1 is 1.20 bits per heavy atom. The molecule has 0 heterocycles. The highest BCUT2D eigenvalue weighted by Crippen LogP contribution is 2.20. The van der Waals surface area contributed by atoms with E-state index in [1.54, 1.807) is 11.9 Å². The Hall–Kier alpha value is -1.73. The molecule has 1 amide bonds. The summed E-state index contributed by atoms with van der Waals surface area (Å²) in [4.78, 5) is 13.8. The lowest BCUT2D eigenvalue weighted by atomic mass is 10.2. The van der Waals surface area contributed by atoms with Crippen molar-refractivity contribution in [1.29, 1.82) is 0 Å². The number of para-hydroxylation sites is 1. The van der Waals surface area contributed by atoms with Gasteiger partial charge in [-0.15, -0.1) is 0 Å². The van der Waals surface area contributed by atoms with Crippen LogP contribution in [0.3, 0.4) is 0 Å². The van der Waals surface area contributed by atoms with E-state index in [0.717, 1.165) is 15.7 Å². The van der Waals surface area contributed by atoms with Crippen LogP contribution in [-0.4, -0.2) is 48.8 Å². The number of carbonyl (C=O) groups excluding carboxylic acids is 1. The molecule has 0 bridgehead atoms. The first-order chi connectivity index (χ1) is 12.0. The summed E-state index contributed by atoms with van der Waals surface area (Å²) in [6, 6.07) is 17.2. The summed E-state index contributed by atoms with van der Waals surface area (Å²) < 4.78 is 6.35. The fourth-order valence-corrected chi connectivity index (χ4v) is 2.75. The number of nitrogens with one attached hydrogen (secondary N) is 1. The van der Waals surface area contributed by atoms with E-state index in [1.165, 1.54) is 0 Å². The Morgan fingerprint density at radius 2 is 1.88 bits per heavy atom. The second-order valence-corrected chi connectivity index (χ2v) is 6.73. The van der Waals surface area contributed by atoms with Gasteiger partial charge in [0.25, 0.3) is 0 Å².